The lowest BCUT2D eigenvalue weighted by Crippen LogP contribution is -1.97. The van der Waals surface area contributed by atoms with Crippen LogP contribution in [-0.2, 0) is 6.61 Å². The van der Waals surface area contributed by atoms with Crippen LogP contribution in [0.1, 0.15) is 62.2 Å². The summed E-state index contributed by atoms with van der Waals surface area (Å²) >= 11 is 1.59. The molecule has 1 unspecified atom stereocenters. The van der Waals surface area contributed by atoms with Gasteiger partial charge in [-0.3, -0.25) is 0 Å². The topological polar surface area (TPSA) is 50.4 Å². The third-order valence-electron chi connectivity index (χ3n) is 4.32. The van der Waals surface area contributed by atoms with Gasteiger partial charge in [0.05, 0.1) is 18.0 Å². The van der Waals surface area contributed by atoms with Gasteiger partial charge in [0.15, 0.2) is 0 Å². The SMILES string of the molecule is CCC(C)c1ccc(-c2nc3sc(C(C)C)nn3c2CO)cc1. The smallest absolute Gasteiger partial charge is 0.213 e. The maximum atomic E-state index is 9.80. The molecule has 0 aliphatic rings. The summed E-state index contributed by atoms with van der Waals surface area (Å²) in [5.74, 6) is 0.925. The van der Waals surface area contributed by atoms with Gasteiger partial charge in [-0.2, -0.15) is 5.10 Å². The van der Waals surface area contributed by atoms with Crippen LogP contribution in [0.3, 0.4) is 0 Å². The summed E-state index contributed by atoms with van der Waals surface area (Å²) in [6, 6.07) is 8.50. The maximum absolute atomic E-state index is 9.80. The molecule has 0 aliphatic heterocycles. The molecular formula is C18H23N3OS. The molecule has 0 radical (unpaired) electrons. The zero-order valence-electron chi connectivity index (χ0n) is 14.1. The number of aromatic nitrogens is 3. The lowest BCUT2D eigenvalue weighted by molar-refractivity contribution is 0.275. The van der Waals surface area contributed by atoms with Crippen molar-refractivity contribution in [2.45, 2.75) is 52.6 Å². The van der Waals surface area contributed by atoms with Crippen molar-refractivity contribution in [1.29, 1.82) is 0 Å². The summed E-state index contributed by atoms with van der Waals surface area (Å²) in [5, 5.41) is 15.4. The molecule has 0 spiro atoms. The normalized spacial score (nSPS) is 13.1. The minimum Gasteiger partial charge on any atom is -0.390 e. The van der Waals surface area contributed by atoms with Crippen LogP contribution >= 0.6 is 11.3 Å². The fraction of sp³-hybridized carbons (Fsp3) is 0.444. The number of nitrogens with zero attached hydrogens (tertiary/aromatic N) is 3. The van der Waals surface area contributed by atoms with Crippen LogP contribution in [0, 0.1) is 0 Å². The Labute approximate surface area is 140 Å². The van der Waals surface area contributed by atoms with Gasteiger partial charge in [-0.1, -0.05) is 63.3 Å². The highest BCUT2D eigenvalue weighted by Gasteiger charge is 2.18. The molecule has 0 amide bonds. The first-order valence-electron chi connectivity index (χ1n) is 8.14. The second kappa shape index (κ2) is 6.42. The summed E-state index contributed by atoms with van der Waals surface area (Å²) in [6.07, 6.45) is 1.13. The Morgan fingerprint density at radius 1 is 1.17 bits per heavy atom. The molecule has 0 aliphatic carbocycles. The third kappa shape index (κ3) is 2.91. The molecule has 1 aromatic carbocycles. The van der Waals surface area contributed by atoms with E-state index in [-0.39, 0.29) is 6.61 Å². The first kappa shape index (κ1) is 16.1. The van der Waals surface area contributed by atoms with Crippen molar-refractivity contribution < 1.29 is 5.11 Å². The van der Waals surface area contributed by atoms with E-state index in [4.69, 9.17) is 4.98 Å². The Morgan fingerprint density at radius 3 is 2.43 bits per heavy atom. The largest absolute Gasteiger partial charge is 0.390 e. The molecule has 0 fully saturated rings. The molecule has 4 nitrogen and oxygen atoms in total. The van der Waals surface area contributed by atoms with Gasteiger partial charge in [0, 0.05) is 11.5 Å². The quantitative estimate of drug-likeness (QED) is 0.745. The first-order valence-corrected chi connectivity index (χ1v) is 8.96. The summed E-state index contributed by atoms with van der Waals surface area (Å²) in [5.41, 5.74) is 3.96. The molecule has 2 aromatic heterocycles. The molecule has 1 atom stereocenters. The van der Waals surface area contributed by atoms with Crippen LogP contribution in [0.25, 0.3) is 16.2 Å². The second-order valence-corrected chi connectivity index (χ2v) is 7.27. The molecule has 5 heteroatoms. The zero-order valence-corrected chi connectivity index (χ0v) is 14.9. The van der Waals surface area contributed by atoms with Crippen molar-refractivity contribution in [2.24, 2.45) is 0 Å². The van der Waals surface area contributed by atoms with Crippen molar-refractivity contribution in [1.82, 2.24) is 14.6 Å². The number of rotatable bonds is 5. The molecule has 3 rings (SSSR count). The Kier molecular flexibility index (Phi) is 4.50. The van der Waals surface area contributed by atoms with E-state index < -0.39 is 0 Å². The van der Waals surface area contributed by atoms with E-state index >= 15 is 0 Å². The number of aliphatic hydroxyl groups excluding tert-OH is 1. The Morgan fingerprint density at radius 2 is 1.87 bits per heavy atom. The second-order valence-electron chi connectivity index (χ2n) is 6.29. The summed E-state index contributed by atoms with van der Waals surface area (Å²) < 4.78 is 1.79. The molecule has 122 valence electrons. The van der Waals surface area contributed by atoms with E-state index in [0.717, 1.165) is 33.3 Å². The highest BCUT2D eigenvalue weighted by Crippen LogP contribution is 2.30. The van der Waals surface area contributed by atoms with E-state index in [1.54, 1.807) is 15.9 Å². The van der Waals surface area contributed by atoms with E-state index in [1.165, 1.54) is 5.56 Å². The molecule has 0 saturated heterocycles. The van der Waals surface area contributed by atoms with Crippen molar-refractivity contribution >= 4 is 16.3 Å². The van der Waals surface area contributed by atoms with Gasteiger partial charge in [-0.25, -0.2) is 9.50 Å². The van der Waals surface area contributed by atoms with Crippen molar-refractivity contribution in [3.8, 4) is 11.3 Å². The summed E-state index contributed by atoms with van der Waals surface area (Å²) in [4.78, 5) is 5.56. The maximum Gasteiger partial charge on any atom is 0.213 e. The third-order valence-corrected chi connectivity index (χ3v) is 5.53. The molecule has 23 heavy (non-hydrogen) atoms. The van der Waals surface area contributed by atoms with Crippen LogP contribution < -0.4 is 0 Å². The van der Waals surface area contributed by atoms with Crippen LogP contribution in [0.5, 0.6) is 0 Å². The fourth-order valence-corrected chi connectivity index (χ4v) is 3.54. The Bertz CT molecular complexity index is 802. The summed E-state index contributed by atoms with van der Waals surface area (Å²) in [6.45, 7) is 8.60. The first-order chi connectivity index (χ1) is 11.0. The highest BCUT2D eigenvalue weighted by molar-refractivity contribution is 7.16. The monoisotopic (exact) mass is 329 g/mol. The van der Waals surface area contributed by atoms with Crippen LogP contribution in [0.15, 0.2) is 24.3 Å². The van der Waals surface area contributed by atoms with E-state index in [1.807, 2.05) is 0 Å². The van der Waals surface area contributed by atoms with Crippen molar-refractivity contribution in [3.63, 3.8) is 0 Å². The Hall–Kier alpha value is -1.72. The average molecular weight is 329 g/mol. The van der Waals surface area contributed by atoms with Gasteiger partial charge in [-0.05, 0) is 17.9 Å². The average Bonchev–Trinajstić information content (AvgIpc) is 3.11. The van der Waals surface area contributed by atoms with Gasteiger partial charge in [-0.15, -0.1) is 0 Å². The fourth-order valence-electron chi connectivity index (χ4n) is 2.62. The van der Waals surface area contributed by atoms with Crippen molar-refractivity contribution in [3.05, 3.63) is 40.5 Å². The van der Waals surface area contributed by atoms with Crippen LogP contribution in [0.2, 0.25) is 0 Å². The van der Waals surface area contributed by atoms with Crippen molar-refractivity contribution in [2.75, 3.05) is 0 Å². The van der Waals surface area contributed by atoms with Gasteiger partial charge in [0.1, 0.15) is 5.01 Å². The number of hydrogen-bond donors (Lipinski definition) is 1. The molecule has 3 aromatic rings. The minimum absolute atomic E-state index is 0.0646. The molecule has 1 N–H and O–H groups in total. The van der Waals surface area contributed by atoms with Crippen LogP contribution in [0.4, 0.5) is 0 Å². The number of benzene rings is 1. The number of fused-ring (bicyclic) bond motifs is 1. The lowest BCUT2D eigenvalue weighted by atomic mass is 9.97. The van der Waals surface area contributed by atoms with Gasteiger partial charge < -0.3 is 5.11 Å². The predicted octanol–water partition coefficient (Wildman–Crippen LogP) is 4.59. The summed E-state index contributed by atoms with van der Waals surface area (Å²) in [7, 11) is 0. The molecule has 0 saturated carbocycles. The van der Waals surface area contributed by atoms with E-state index in [9.17, 15) is 5.11 Å². The van der Waals surface area contributed by atoms with E-state index in [2.05, 4.69) is 57.1 Å². The van der Waals surface area contributed by atoms with Gasteiger partial charge in [0.2, 0.25) is 4.96 Å². The number of imidazole rings is 1. The highest BCUT2D eigenvalue weighted by atomic mass is 32.1. The van der Waals surface area contributed by atoms with Crippen LogP contribution in [-0.4, -0.2) is 19.7 Å². The standard InChI is InChI=1S/C18H23N3OS/c1-5-12(4)13-6-8-14(9-7-13)16-15(10-22)21-18(19-16)23-17(20-21)11(2)3/h6-9,11-12,22H,5,10H2,1-4H3. The number of aliphatic hydroxyl groups is 1. The predicted molar refractivity (Wildman–Crippen MR) is 95.0 cm³/mol. The van der Waals surface area contributed by atoms with E-state index in [0.29, 0.717) is 11.8 Å². The molecule has 2 heterocycles. The molecule has 0 bridgehead atoms. The molecular weight excluding hydrogens is 306 g/mol. The Balaban J connectivity index is 2.03. The van der Waals surface area contributed by atoms with Gasteiger partial charge >= 0.3 is 0 Å². The zero-order chi connectivity index (χ0) is 16.6. The lowest BCUT2D eigenvalue weighted by Gasteiger charge is -2.09. The van der Waals surface area contributed by atoms with Gasteiger partial charge in [0.25, 0.3) is 0 Å². The minimum atomic E-state index is -0.0646. The number of hydrogen-bond acceptors (Lipinski definition) is 4.